The molecule has 0 fully saturated rings. The van der Waals surface area contributed by atoms with Gasteiger partial charge in [-0.05, 0) is 31.5 Å². The van der Waals surface area contributed by atoms with Crippen LogP contribution >= 0.6 is 11.3 Å². The minimum absolute atomic E-state index is 0.0344. The van der Waals surface area contributed by atoms with E-state index < -0.39 is 5.97 Å². The first kappa shape index (κ1) is 19.7. The molecule has 0 bridgehead atoms. The number of esters is 1. The number of benzene rings is 2. The van der Waals surface area contributed by atoms with Crippen molar-refractivity contribution in [2.24, 2.45) is 5.10 Å². The number of carbonyl (C=O) groups excluding carboxylic acids is 2. The fourth-order valence-corrected chi connectivity index (χ4v) is 3.71. The zero-order chi connectivity index (χ0) is 20.1. The number of nitrogens with zero attached hydrogens (tertiary/aromatic N) is 3. The maximum Gasteiger partial charge on any atom is 0.311 e. The fourth-order valence-electron chi connectivity index (χ4n) is 2.75. The van der Waals surface area contributed by atoms with Gasteiger partial charge in [0.05, 0.1) is 29.0 Å². The molecule has 1 heterocycles. The number of thiazole rings is 1. The van der Waals surface area contributed by atoms with E-state index in [4.69, 9.17) is 4.74 Å². The summed E-state index contributed by atoms with van der Waals surface area (Å²) in [5.41, 5.74) is 3.01. The van der Waals surface area contributed by atoms with Crippen LogP contribution in [-0.4, -0.2) is 29.2 Å². The van der Waals surface area contributed by atoms with Gasteiger partial charge in [0, 0.05) is 12.5 Å². The first-order valence-electron chi connectivity index (χ1n) is 8.95. The normalized spacial score (nSPS) is 11.5. The van der Waals surface area contributed by atoms with Gasteiger partial charge in [-0.2, -0.15) is 10.1 Å². The smallest absolute Gasteiger partial charge is 0.311 e. The minimum atomic E-state index is -0.391. The predicted octanol–water partition coefficient (Wildman–Crippen LogP) is 4.32. The van der Waals surface area contributed by atoms with E-state index in [2.05, 4.69) is 10.1 Å². The number of para-hydroxylation sites is 1. The van der Waals surface area contributed by atoms with Crippen LogP contribution in [-0.2, 0) is 14.3 Å². The molecule has 0 saturated heterocycles. The second-order valence-electron chi connectivity index (χ2n) is 6.14. The molecule has 0 radical (unpaired) electrons. The number of aryl methyl sites for hydroxylation is 1. The summed E-state index contributed by atoms with van der Waals surface area (Å²) in [6.45, 7) is 5.40. The molecule has 0 N–H and O–H groups in total. The molecular weight excluding hydrogens is 374 g/mol. The highest BCUT2D eigenvalue weighted by Gasteiger charge is 2.20. The number of amides is 1. The van der Waals surface area contributed by atoms with Crippen molar-refractivity contribution in [1.29, 1.82) is 0 Å². The highest BCUT2D eigenvalue weighted by atomic mass is 32.1. The van der Waals surface area contributed by atoms with Crippen LogP contribution in [0.3, 0.4) is 0 Å². The number of carbonyl (C=O) groups is 2. The number of fused-ring (bicyclic) bond motifs is 1. The molecule has 0 aliphatic rings. The lowest BCUT2D eigenvalue weighted by Crippen LogP contribution is -2.26. The number of anilines is 1. The monoisotopic (exact) mass is 395 g/mol. The largest absolute Gasteiger partial charge is 0.466 e. The van der Waals surface area contributed by atoms with Crippen LogP contribution in [0.2, 0.25) is 0 Å². The van der Waals surface area contributed by atoms with Crippen LogP contribution in [0.1, 0.15) is 31.4 Å². The Bertz CT molecular complexity index is 1010. The van der Waals surface area contributed by atoms with Crippen LogP contribution in [0.4, 0.5) is 5.13 Å². The molecule has 0 unspecified atom stereocenters. The Morgan fingerprint density at radius 3 is 2.54 bits per heavy atom. The van der Waals surface area contributed by atoms with Crippen molar-refractivity contribution < 1.29 is 14.3 Å². The maximum absolute atomic E-state index is 12.4. The molecule has 7 heteroatoms. The zero-order valence-electron chi connectivity index (χ0n) is 16.0. The van der Waals surface area contributed by atoms with Gasteiger partial charge in [-0.3, -0.25) is 9.59 Å². The summed E-state index contributed by atoms with van der Waals surface area (Å²) in [6.07, 6.45) is -0.0344. The summed E-state index contributed by atoms with van der Waals surface area (Å²) >= 11 is 1.37. The van der Waals surface area contributed by atoms with Crippen LogP contribution in [0.5, 0.6) is 0 Å². The quantitative estimate of drug-likeness (QED) is 0.354. The van der Waals surface area contributed by atoms with Crippen molar-refractivity contribution in [3.8, 4) is 0 Å². The molecule has 2 aromatic carbocycles. The van der Waals surface area contributed by atoms with E-state index in [0.29, 0.717) is 10.8 Å². The van der Waals surface area contributed by atoms with E-state index in [9.17, 15) is 9.59 Å². The Morgan fingerprint density at radius 1 is 1.14 bits per heavy atom. The molecule has 3 aromatic rings. The molecule has 28 heavy (non-hydrogen) atoms. The van der Waals surface area contributed by atoms with Crippen molar-refractivity contribution in [1.82, 2.24) is 4.98 Å². The second kappa shape index (κ2) is 8.75. The lowest BCUT2D eigenvalue weighted by Gasteiger charge is -2.16. The van der Waals surface area contributed by atoms with Gasteiger partial charge in [0.15, 0.2) is 0 Å². The second-order valence-corrected chi connectivity index (χ2v) is 7.15. The van der Waals surface area contributed by atoms with Gasteiger partial charge in [0.2, 0.25) is 11.0 Å². The zero-order valence-corrected chi connectivity index (χ0v) is 16.8. The van der Waals surface area contributed by atoms with Crippen molar-refractivity contribution in [3.05, 3.63) is 59.7 Å². The molecule has 144 valence electrons. The number of rotatable bonds is 6. The molecule has 1 aromatic heterocycles. The van der Waals surface area contributed by atoms with Gasteiger partial charge in [-0.1, -0.05) is 47.7 Å². The third-order valence-electron chi connectivity index (χ3n) is 4.06. The summed E-state index contributed by atoms with van der Waals surface area (Å²) in [6, 6.07) is 15.3. The van der Waals surface area contributed by atoms with Gasteiger partial charge in [0.1, 0.15) is 0 Å². The Labute approximate surface area is 167 Å². The van der Waals surface area contributed by atoms with E-state index in [0.717, 1.165) is 21.3 Å². The lowest BCUT2D eigenvalue weighted by atomic mass is 10.0. The molecule has 1 amide bonds. The molecule has 0 aliphatic carbocycles. The minimum Gasteiger partial charge on any atom is -0.466 e. The summed E-state index contributed by atoms with van der Waals surface area (Å²) < 4.78 is 6.05. The summed E-state index contributed by atoms with van der Waals surface area (Å²) in [5.74, 6) is -0.675. The average Bonchev–Trinajstić information content (AvgIpc) is 3.09. The number of aromatic nitrogens is 1. The van der Waals surface area contributed by atoms with Crippen LogP contribution in [0.25, 0.3) is 10.2 Å². The third-order valence-corrected chi connectivity index (χ3v) is 5.07. The van der Waals surface area contributed by atoms with E-state index in [1.54, 1.807) is 6.92 Å². The van der Waals surface area contributed by atoms with Gasteiger partial charge < -0.3 is 4.74 Å². The summed E-state index contributed by atoms with van der Waals surface area (Å²) in [4.78, 5) is 29.0. The van der Waals surface area contributed by atoms with Crippen molar-refractivity contribution in [2.45, 2.75) is 27.2 Å². The SMILES string of the molecule is CCOC(=O)C/C(=N\N(C(C)=O)c1nc2ccccc2s1)c1ccccc1C. The molecule has 0 aliphatic heterocycles. The van der Waals surface area contributed by atoms with Crippen LogP contribution in [0.15, 0.2) is 53.6 Å². The predicted molar refractivity (Wildman–Crippen MR) is 112 cm³/mol. The number of hydrogen-bond donors (Lipinski definition) is 0. The third kappa shape index (κ3) is 4.43. The molecule has 0 atom stereocenters. The van der Waals surface area contributed by atoms with E-state index in [1.807, 2.05) is 55.5 Å². The molecule has 0 spiro atoms. The van der Waals surface area contributed by atoms with Crippen molar-refractivity contribution in [3.63, 3.8) is 0 Å². The number of hydrazone groups is 1. The van der Waals surface area contributed by atoms with Crippen LogP contribution < -0.4 is 5.01 Å². The molecule has 3 rings (SSSR count). The number of ether oxygens (including phenoxy) is 1. The van der Waals surface area contributed by atoms with Crippen LogP contribution in [0, 0.1) is 6.92 Å². The maximum atomic E-state index is 12.4. The Hall–Kier alpha value is -3.06. The van der Waals surface area contributed by atoms with Crippen molar-refractivity contribution in [2.75, 3.05) is 11.6 Å². The summed E-state index contributed by atoms with van der Waals surface area (Å²) in [7, 11) is 0. The molecular formula is C21H21N3O3S. The highest BCUT2D eigenvalue weighted by molar-refractivity contribution is 7.22. The Kier molecular flexibility index (Phi) is 6.16. The van der Waals surface area contributed by atoms with E-state index >= 15 is 0 Å². The van der Waals surface area contributed by atoms with Gasteiger partial charge >= 0.3 is 5.97 Å². The lowest BCUT2D eigenvalue weighted by molar-refractivity contribution is -0.141. The van der Waals surface area contributed by atoms with Gasteiger partial charge in [-0.15, -0.1) is 0 Å². The topological polar surface area (TPSA) is 71.9 Å². The number of hydrogen-bond acceptors (Lipinski definition) is 6. The Morgan fingerprint density at radius 2 is 1.86 bits per heavy atom. The van der Waals surface area contributed by atoms with E-state index in [-0.39, 0.29) is 18.9 Å². The average molecular weight is 395 g/mol. The highest BCUT2D eigenvalue weighted by Crippen LogP contribution is 2.29. The first-order valence-corrected chi connectivity index (χ1v) is 9.76. The van der Waals surface area contributed by atoms with E-state index in [1.165, 1.54) is 23.3 Å². The molecule has 0 saturated carbocycles. The Balaban J connectivity index is 2.07. The van der Waals surface area contributed by atoms with Gasteiger partial charge in [-0.25, -0.2) is 4.98 Å². The first-order chi connectivity index (χ1) is 13.5. The fraction of sp³-hybridized carbons (Fsp3) is 0.238. The summed E-state index contributed by atoms with van der Waals surface area (Å²) in [5, 5.41) is 6.26. The van der Waals surface area contributed by atoms with Gasteiger partial charge in [0.25, 0.3) is 0 Å². The van der Waals surface area contributed by atoms with Crippen molar-refractivity contribution >= 4 is 44.3 Å². The molecule has 6 nitrogen and oxygen atoms in total. The standard InChI is InChI=1S/C21H21N3O3S/c1-4-27-20(26)13-18(16-10-6-5-9-14(16)2)23-24(15(3)25)21-22-17-11-7-8-12-19(17)28-21/h5-12H,4,13H2,1-3H3/b23-18+.